The van der Waals surface area contributed by atoms with Crippen LogP contribution in [-0.4, -0.2) is 44.4 Å². The van der Waals surface area contributed by atoms with Crippen molar-refractivity contribution in [3.63, 3.8) is 0 Å². The summed E-state index contributed by atoms with van der Waals surface area (Å²) in [4.78, 5) is 14.6. The summed E-state index contributed by atoms with van der Waals surface area (Å²) < 4.78 is 22.3. The molecule has 6 nitrogen and oxygen atoms in total. The molecule has 2 fully saturated rings. The Morgan fingerprint density at radius 1 is 1.19 bits per heavy atom. The third-order valence-corrected chi connectivity index (χ3v) is 4.99. The van der Waals surface area contributed by atoms with Crippen molar-refractivity contribution in [2.45, 2.75) is 36.2 Å². The molecule has 114 valence electrons. The molecule has 1 aliphatic heterocycles. The van der Waals surface area contributed by atoms with Gasteiger partial charge in [-0.15, -0.1) is 0 Å². The van der Waals surface area contributed by atoms with E-state index < -0.39 is 10.0 Å². The molecule has 1 aromatic carbocycles. The van der Waals surface area contributed by atoms with Crippen LogP contribution < -0.4 is 10.5 Å². The molecule has 0 radical (unpaired) electrons. The highest BCUT2D eigenvalue weighted by Gasteiger charge is 2.34. The minimum Gasteiger partial charge on any atom is -0.348 e. The van der Waals surface area contributed by atoms with Gasteiger partial charge in [-0.3, -0.25) is 9.69 Å². The number of sulfonamides is 1. The normalized spacial score (nSPS) is 23.2. The number of nitrogens with two attached hydrogens (primary N) is 1. The van der Waals surface area contributed by atoms with Crippen LogP contribution in [-0.2, 0) is 10.0 Å². The van der Waals surface area contributed by atoms with Crippen LogP contribution in [0.1, 0.15) is 29.6 Å². The number of hydrogen-bond donors (Lipinski definition) is 2. The van der Waals surface area contributed by atoms with E-state index >= 15 is 0 Å². The van der Waals surface area contributed by atoms with Gasteiger partial charge in [0.2, 0.25) is 10.0 Å². The summed E-state index contributed by atoms with van der Waals surface area (Å²) in [6.45, 7) is 1.95. The highest BCUT2D eigenvalue weighted by atomic mass is 32.2. The van der Waals surface area contributed by atoms with Crippen molar-refractivity contribution in [3.8, 4) is 0 Å². The van der Waals surface area contributed by atoms with Crippen LogP contribution in [0, 0.1) is 0 Å². The second-order valence-corrected chi connectivity index (χ2v) is 7.32. The van der Waals surface area contributed by atoms with Gasteiger partial charge in [0.25, 0.3) is 5.91 Å². The van der Waals surface area contributed by atoms with Crippen molar-refractivity contribution in [3.05, 3.63) is 29.8 Å². The second-order valence-electron chi connectivity index (χ2n) is 5.75. The van der Waals surface area contributed by atoms with E-state index in [1.54, 1.807) is 0 Å². The number of carbonyl (C=O) groups is 1. The minimum atomic E-state index is -3.72. The third kappa shape index (κ3) is 3.42. The molecule has 1 saturated carbocycles. The van der Waals surface area contributed by atoms with Crippen LogP contribution in [0.2, 0.25) is 0 Å². The number of hydrogen-bond acceptors (Lipinski definition) is 4. The lowest BCUT2D eigenvalue weighted by molar-refractivity contribution is 0.0937. The maximum Gasteiger partial charge on any atom is 0.251 e. The van der Waals surface area contributed by atoms with E-state index in [0.29, 0.717) is 5.56 Å². The molecule has 1 saturated heterocycles. The molecule has 7 heteroatoms. The average molecular weight is 309 g/mol. The number of amides is 1. The van der Waals surface area contributed by atoms with Gasteiger partial charge >= 0.3 is 0 Å². The molecule has 21 heavy (non-hydrogen) atoms. The highest BCUT2D eigenvalue weighted by Crippen LogP contribution is 2.29. The molecule has 2 aliphatic rings. The Hall–Kier alpha value is -1.44. The van der Waals surface area contributed by atoms with Gasteiger partial charge in [-0.2, -0.15) is 0 Å². The van der Waals surface area contributed by atoms with Gasteiger partial charge in [-0.25, -0.2) is 13.6 Å². The second kappa shape index (κ2) is 5.40. The summed E-state index contributed by atoms with van der Waals surface area (Å²) >= 11 is 0. The third-order valence-electron chi connectivity index (χ3n) is 4.06. The fourth-order valence-electron chi connectivity index (χ4n) is 2.74. The van der Waals surface area contributed by atoms with Crippen molar-refractivity contribution in [2.24, 2.45) is 5.14 Å². The molecule has 1 heterocycles. The Morgan fingerprint density at radius 3 is 2.43 bits per heavy atom. The van der Waals surface area contributed by atoms with Crippen LogP contribution in [0.15, 0.2) is 29.2 Å². The first-order valence-corrected chi connectivity index (χ1v) is 8.66. The first kappa shape index (κ1) is 14.5. The van der Waals surface area contributed by atoms with E-state index in [-0.39, 0.29) is 16.8 Å². The Kier molecular flexibility index (Phi) is 3.73. The molecular weight excluding hydrogens is 290 g/mol. The van der Waals surface area contributed by atoms with Gasteiger partial charge in [0.15, 0.2) is 0 Å². The summed E-state index contributed by atoms with van der Waals surface area (Å²) in [7, 11) is -3.72. The minimum absolute atomic E-state index is 0.0137. The molecule has 1 amide bonds. The maximum absolute atomic E-state index is 12.1. The molecular formula is C14H19N3O3S. The predicted octanol–water partition coefficient (Wildman–Crippen LogP) is 0.301. The van der Waals surface area contributed by atoms with Gasteiger partial charge < -0.3 is 5.32 Å². The van der Waals surface area contributed by atoms with E-state index in [9.17, 15) is 13.2 Å². The summed E-state index contributed by atoms with van der Waals surface area (Å²) in [5.74, 6) is -0.168. The van der Waals surface area contributed by atoms with Crippen molar-refractivity contribution in [1.29, 1.82) is 0 Å². The Labute approximate surface area is 124 Å². The number of nitrogens with one attached hydrogen (secondary N) is 1. The molecule has 0 bridgehead atoms. The van der Waals surface area contributed by atoms with Crippen molar-refractivity contribution in [1.82, 2.24) is 10.2 Å². The SMILES string of the molecule is NS(=O)(=O)c1ccc(C(=O)NC2CCN(C3CC3)C2)cc1. The van der Waals surface area contributed by atoms with Crippen LogP contribution in [0.4, 0.5) is 0 Å². The zero-order valence-electron chi connectivity index (χ0n) is 11.7. The first-order chi connectivity index (χ1) is 9.93. The Balaban J connectivity index is 1.60. The summed E-state index contributed by atoms with van der Waals surface area (Å²) in [5, 5.41) is 8.04. The van der Waals surface area contributed by atoms with Gasteiger partial charge in [0.1, 0.15) is 0 Å². The lowest BCUT2D eigenvalue weighted by atomic mass is 10.2. The average Bonchev–Trinajstić information content (AvgIpc) is 3.19. The van der Waals surface area contributed by atoms with Crippen LogP contribution in [0.5, 0.6) is 0 Å². The molecule has 1 unspecified atom stereocenters. The summed E-state index contributed by atoms with van der Waals surface area (Å²) in [6, 6.07) is 6.59. The number of likely N-dealkylation sites (tertiary alicyclic amines) is 1. The Bertz CT molecular complexity index is 638. The van der Waals surface area contributed by atoms with Crippen molar-refractivity contribution in [2.75, 3.05) is 13.1 Å². The topological polar surface area (TPSA) is 92.5 Å². The van der Waals surface area contributed by atoms with Crippen LogP contribution in [0.3, 0.4) is 0 Å². The Morgan fingerprint density at radius 2 is 1.86 bits per heavy atom. The standard InChI is InChI=1S/C14H19N3O3S/c15-21(19,20)13-5-1-10(2-6-13)14(18)16-11-7-8-17(9-11)12-3-4-12/h1-2,5-6,11-12H,3-4,7-9H2,(H,16,18)(H2,15,19,20). The fourth-order valence-corrected chi connectivity index (χ4v) is 3.26. The number of carbonyl (C=O) groups excluding carboxylic acids is 1. The van der Waals surface area contributed by atoms with Crippen LogP contribution >= 0.6 is 0 Å². The predicted molar refractivity (Wildman–Crippen MR) is 78.3 cm³/mol. The van der Waals surface area contributed by atoms with Gasteiger partial charge in [-0.1, -0.05) is 0 Å². The molecule has 3 N–H and O–H groups in total. The molecule has 1 aromatic rings. The number of rotatable bonds is 4. The smallest absolute Gasteiger partial charge is 0.251 e. The summed E-state index contributed by atoms with van der Waals surface area (Å²) in [6.07, 6.45) is 3.52. The highest BCUT2D eigenvalue weighted by molar-refractivity contribution is 7.89. The van der Waals surface area contributed by atoms with Crippen LogP contribution in [0.25, 0.3) is 0 Å². The number of nitrogens with zero attached hydrogens (tertiary/aromatic N) is 1. The quantitative estimate of drug-likeness (QED) is 0.836. The van der Waals surface area contributed by atoms with Gasteiger partial charge in [0, 0.05) is 30.7 Å². The zero-order chi connectivity index (χ0) is 15.0. The molecule has 0 aromatic heterocycles. The van der Waals surface area contributed by atoms with E-state index in [4.69, 9.17) is 5.14 Å². The monoisotopic (exact) mass is 309 g/mol. The number of benzene rings is 1. The van der Waals surface area contributed by atoms with E-state index in [0.717, 1.165) is 25.6 Å². The molecule has 1 aliphatic carbocycles. The maximum atomic E-state index is 12.1. The van der Waals surface area contributed by atoms with E-state index in [1.165, 1.54) is 37.1 Å². The van der Waals surface area contributed by atoms with Gasteiger partial charge in [0.05, 0.1) is 4.90 Å². The molecule has 1 atom stereocenters. The molecule has 0 spiro atoms. The first-order valence-electron chi connectivity index (χ1n) is 7.11. The lowest BCUT2D eigenvalue weighted by Crippen LogP contribution is -2.37. The fraction of sp³-hybridized carbons (Fsp3) is 0.500. The number of primary sulfonamides is 1. The lowest BCUT2D eigenvalue weighted by Gasteiger charge is -2.15. The summed E-state index contributed by atoms with van der Waals surface area (Å²) in [5.41, 5.74) is 0.451. The van der Waals surface area contributed by atoms with Crippen molar-refractivity contribution >= 4 is 15.9 Å². The van der Waals surface area contributed by atoms with E-state index in [1.807, 2.05) is 0 Å². The molecule has 3 rings (SSSR count). The van der Waals surface area contributed by atoms with Gasteiger partial charge in [-0.05, 0) is 43.5 Å². The zero-order valence-corrected chi connectivity index (χ0v) is 12.5. The van der Waals surface area contributed by atoms with Crippen molar-refractivity contribution < 1.29 is 13.2 Å². The largest absolute Gasteiger partial charge is 0.348 e. The van der Waals surface area contributed by atoms with E-state index in [2.05, 4.69) is 10.2 Å².